The first-order chi connectivity index (χ1) is 9.70. The topological polar surface area (TPSA) is 58.7 Å². The maximum atomic E-state index is 12.4. The SMILES string of the molecule is N/N=C1/C(=O)N(Cc2ccccc2)c2ccc(Cl)cc21. The number of hydrazone groups is 1. The minimum Gasteiger partial charge on any atom is -0.322 e. The Labute approximate surface area is 121 Å². The zero-order valence-electron chi connectivity index (χ0n) is 10.6. The van der Waals surface area contributed by atoms with Gasteiger partial charge in [0.15, 0.2) is 5.71 Å². The molecule has 2 aromatic rings. The van der Waals surface area contributed by atoms with Gasteiger partial charge < -0.3 is 10.7 Å². The van der Waals surface area contributed by atoms with Crippen LogP contribution in [0.5, 0.6) is 0 Å². The lowest BCUT2D eigenvalue weighted by atomic mass is 10.1. The quantitative estimate of drug-likeness (QED) is 0.681. The summed E-state index contributed by atoms with van der Waals surface area (Å²) in [6.45, 7) is 0.479. The third kappa shape index (κ3) is 2.04. The van der Waals surface area contributed by atoms with E-state index in [1.807, 2.05) is 36.4 Å². The molecule has 20 heavy (non-hydrogen) atoms. The molecule has 0 saturated carbocycles. The molecule has 5 heteroatoms. The normalized spacial score (nSPS) is 15.8. The fourth-order valence-electron chi connectivity index (χ4n) is 2.33. The van der Waals surface area contributed by atoms with E-state index in [1.54, 1.807) is 17.0 Å². The molecule has 2 N–H and O–H groups in total. The van der Waals surface area contributed by atoms with Crippen LogP contribution in [0.1, 0.15) is 11.1 Å². The number of fused-ring (bicyclic) bond motifs is 1. The highest BCUT2D eigenvalue weighted by Gasteiger charge is 2.34. The monoisotopic (exact) mass is 285 g/mol. The van der Waals surface area contributed by atoms with Crippen LogP contribution >= 0.6 is 11.6 Å². The van der Waals surface area contributed by atoms with Crippen LogP contribution in [0.25, 0.3) is 0 Å². The van der Waals surface area contributed by atoms with Crippen LogP contribution in [-0.4, -0.2) is 11.6 Å². The summed E-state index contributed by atoms with van der Waals surface area (Å²) >= 11 is 5.98. The van der Waals surface area contributed by atoms with E-state index in [0.717, 1.165) is 11.3 Å². The molecule has 0 fully saturated rings. The molecule has 1 heterocycles. The van der Waals surface area contributed by atoms with E-state index in [0.29, 0.717) is 17.1 Å². The first-order valence-electron chi connectivity index (χ1n) is 6.14. The van der Waals surface area contributed by atoms with Crippen LogP contribution < -0.4 is 10.7 Å². The molecular formula is C15H12ClN3O. The van der Waals surface area contributed by atoms with Gasteiger partial charge in [-0.15, -0.1) is 0 Å². The third-order valence-corrected chi connectivity index (χ3v) is 3.50. The molecule has 4 nitrogen and oxygen atoms in total. The summed E-state index contributed by atoms with van der Waals surface area (Å²) in [5.74, 6) is 5.14. The van der Waals surface area contributed by atoms with Gasteiger partial charge in [-0.25, -0.2) is 0 Å². The van der Waals surface area contributed by atoms with Crippen molar-refractivity contribution in [2.24, 2.45) is 10.9 Å². The van der Waals surface area contributed by atoms with Gasteiger partial charge in [0.2, 0.25) is 0 Å². The zero-order chi connectivity index (χ0) is 14.1. The summed E-state index contributed by atoms with van der Waals surface area (Å²) in [4.78, 5) is 14.0. The average molecular weight is 286 g/mol. The molecule has 0 aliphatic carbocycles. The summed E-state index contributed by atoms with van der Waals surface area (Å²) < 4.78 is 0. The molecule has 1 aliphatic rings. The standard InChI is InChI=1S/C15H12ClN3O/c16-11-6-7-13-12(8-11)14(18-17)15(20)19(13)9-10-4-2-1-3-5-10/h1-8H,9,17H2/b18-14+. The number of amides is 1. The van der Waals surface area contributed by atoms with Gasteiger partial charge >= 0.3 is 0 Å². The Morgan fingerprint density at radius 2 is 1.90 bits per heavy atom. The molecule has 100 valence electrons. The van der Waals surface area contributed by atoms with E-state index in [2.05, 4.69) is 5.10 Å². The average Bonchev–Trinajstić information content (AvgIpc) is 2.71. The molecule has 0 spiro atoms. The van der Waals surface area contributed by atoms with E-state index in [1.165, 1.54) is 0 Å². The van der Waals surface area contributed by atoms with Crippen LogP contribution in [0.15, 0.2) is 53.6 Å². The highest BCUT2D eigenvalue weighted by atomic mass is 35.5. The molecular weight excluding hydrogens is 274 g/mol. The maximum Gasteiger partial charge on any atom is 0.279 e. The van der Waals surface area contributed by atoms with Gasteiger partial charge in [-0.3, -0.25) is 4.79 Å². The predicted molar refractivity (Wildman–Crippen MR) is 79.8 cm³/mol. The number of hydrogen-bond donors (Lipinski definition) is 1. The molecule has 0 bridgehead atoms. The van der Waals surface area contributed by atoms with Crippen molar-refractivity contribution in [3.05, 3.63) is 64.7 Å². The first kappa shape index (κ1) is 12.7. The minimum atomic E-state index is -0.200. The van der Waals surface area contributed by atoms with Gasteiger partial charge in [-0.1, -0.05) is 41.9 Å². The van der Waals surface area contributed by atoms with E-state index in [-0.39, 0.29) is 11.6 Å². The summed E-state index contributed by atoms with van der Waals surface area (Å²) in [6, 6.07) is 15.1. The molecule has 1 aliphatic heterocycles. The zero-order valence-corrected chi connectivity index (χ0v) is 11.3. The molecule has 0 radical (unpaired) electrons. The molecule has 0 saturated heterocycles. The number of nitrogens with zero attached hydrogens (tertiary/aromatic N) is 2. The molecule has 1 amide bonds. The van der Waals surface area contributed by atoms with Crippen molar-refractivity contribution in [1.82, 2.24) is 0 Å². The number of hydrogen-bond acceptors (Lipinski definition) is 3. The molecule has 0 aromatic heterocycles. The largest absolute Gasteiger partial charge is 0.322 e. The van der Waals surface area contributed by atoms with Crippen molar-refractivity contribution in [2.75, 3.05) is 4.90 Å². The summed E-state index contributed by atoms with van der Waals surface area (Å²) in [7, 11) is 0. The van der Waals surface area contributed by atoms with Gasteiger partial charge in [-0.05, 0) is 23.8 Å². The summed E-state index contributed by atoms with van der Waals surface area (Å²) in [5.41, 5.74) is 2.76. The van der Waals surface area contributed by atoms with Crippen LogP contribution in [0.2, 0.25) is 5.02 Å². The number of rotatable bonds is 2. The van der Waals surface area contributed by atoms with Gasteiger partial charge in [0.05, 0.1) is 12.2 Å². The second kappa shape index (κ2) is 4.98. The Hall–Kier alpha value is -2.33. The number of halogens is 1. The number of carbonyl (C=O) groups excluding carboxylic acids is 1. The second-order valence-corrected chi connectivity index (χ2v) is 4.95. The number of anilines is 1. The Bertz CT molecular complexity index is 698. The summed E-state index contributed by atoms with van der Waals surface area (Å²) in [5, 5.41) is 4.16. The Morgan fingerprint density at radius 3 is 2.60 bits per heavy atom. The maximum absolute atomic E-state index is 12.4. The van der Waals surface area contributed by atoms with Gasteiger partial charge in [0, 0.05) is 10.6 Å². The van der Waals surface area contributed by atoms with Gasteiger partial charge in [-0.2, -0.15) is 5.10 Å². The van der Waals surface area contributed by atoms with E-state index >= 15 is 0 Å². The van der Waals surface area contributed by atoms with E-state index in [9.17, 15) is 4.79 Å². The van der Waals surface area contributed by atoms with Crippen LogP contribution in [0.3, 0.4) is 0 Å². The van der Waals surface area contributed by atoms with Gasteiger partial charge in [0.25, 0.3) is 5.91 Å². The third-order valence-electron chi connectivity index (χ3n) is 3.26. The molecule has 0 atom stereocenters. The first-order valence-corrected chi connectivity index (χ1v) is 6.52. The van der Waals surface area contributed by atoms with Crippen molar-refractivity contribution in [3.8, 4) is 0 Å². The predicted octanol–water partition coefficient (Wildman–Crippen LogP) is 2.55. The fraction of sp³-hybridized carbons (Fsp3) is 0.0667. The highest BCUT2D eigenvalue weighted by Crippen LogP contribution is 2.32. The van der Waals surface area contributed by atoms with Crippen LogP contribution in [0, 0.1) is 0 Å². The van der Waals surface area contributed by atoms with Crippen LogP contribution in [-0.2, 0) is 11.3 Å². The lowest BCUT2D eigenvalue weighted by Crippen LogP contribution is -2.30. The van der Waals surface area contributed by atoms with E-state index in [4.69, 9.17) is 17.4 Å². The lowest BCUT2D eigenvalue weighted by molar-refractivity contribution is -0.112. The van der Waals surface area contributed by atoms with Gasteiger partial charge in [0.1, 0.15) is 0 Å². The number of carbonyl (C=O) groups is 1. The molecule has 3 rings (SSSR count). The number of benzene rings is 2. The van der Waals surface area contributed by atoms with Crippen molar-refractivity contribution < 1.29 is 4.79 Å². The number of nitrogens with two attached hydrogens (primary N) is 1. The Morgan fingerprint density at radius 1 is 1.15 bits per heavy atom. The van der Waals surface area contributed by atoms with Crippen molar-refractivity contribution in [3.63, 3.8) is 0 Å². The Kier molecular flexibility index (Phi) is 3.16. The van der Waals surface area contributed by atoms with Crippen LogP contribution in [0.4, 0.5) is 5.69 Å². The highest BCUT2D eigenvalue weighted by molar-refractivity contribution is 6.54. The van der Waals surface area contributed by atoms with Crippen molar-refractivity contribution >= 4 is 28.9 Å². The minimum absolute atomic E-state index is 0.200. The van der Waals surface area contributed by atoms with Crippen molar-refractivity contribution in [2.45, 2.75) is 6.54 Å². The smallest absolute Gasteiger partial charge is 0.279 e. The second-order valence-electron chi connectivity index (χ2n) is 4.52. The lowest BCUT2D eigenvalue weighted by Gasteiger charge is -2.16. The van der Waals surface area contributed by atoms with Crippen molar-refractivity contribution in [1.29, 1.82) is 0 Å². The summed E-state index contributed by atoms with van der Waals surface area (Å²) in [6.07, 6.45) is 0. The van der Waals surface area contributed by atoms with E-state index < -0.39 is 0 Å². The Balaban J connectivity index is 2.03. The molecule has 0 unspecified atom stereocenters. The molecule has 2 aromatic carbocycles. The fourth-order valence-corrected chi connectivity index (χ4v) is 2.51.